The highest BCUT2D eigenvalue weighted by molar-refractivity contribution is 14.1. The number of carbonyl (C=O) groups is 6. The molecule has 0 spiro atoms. The molecular weight excluding hydrogens is 1780 g/mol. The normalized spacial score (nSPS) is 11.1. The molecule has 0 aliphatic heterocycles. The van der Waals surface area contributed by atoms with E-state index in [-0.39, 0.29) is 130 Å². The molecule has 12 rings (SSSR count). The van der Waals surface area contributed by atoms with Crippen molar-refractivity contribution in [3.8, 4) is 51.7 Å². The third-order valence-electron chi connectivity index (χ3n) is 17.9. The van der Waals surface area contributed by atoms with E-state index in [4.69, 9.17) is 56.1 Å². The van der Waals surface area contributed by atoms with Gasteiger partial charge in [-0.2, -0.15) is 0 Å². The van der Waals surface area contributed by atoms with Crippen LogP contribution in [0, 0.1) is 7.14 Å². The van der Waals surface area contributed by atoms with Gasteiger partial charge in [0.15, 0.2) is 57.6 Å². The number of phenolic OH excluding ortho intramolecular Hbond substituents is 6. The maximum absolute atomic E-state index is 13.7. The zero-order chi connectivity index (χ0) is 79.6. The van der Waals surface area contributed by atoms with Crippen molar-refractivity contribution in [3.05, 3.63) is 247 Å². The molecule has 16 N–H and O–H groups in total. The number of furan rings is 3. The Morgan fingerprint density at radius 3 is 0.946 bits per heavy atom. The summed E-state index contributed by atoms with van der Waals surface area (Å²) in [4.78, 5) is 74.1. The van der Waals surface area contributed by atoms with E-state index in [1.165, 1.54) is 42.5 Å². The Labute approximate surface area is 681 Å². The molecule has 3 amide bonds. The molecule has 576 valence electrons. The van der Waals surface area contributed by atoms with Gasteiger partial charge in [0.25, 0.3) is 0 Å². The molecule has 0 atom stereocenters. The average Bonchev–Trinajstić information content (AvgIpc) is 1.64. The number of aromatic hydroxyl groups is 6. The lowest BCUT2D eigenvalue weighted by Crippen LogP contribution is -2.09. The number of fused-ring (bicyclic) bond motifs is 3. The van der Waals surface area contributed by atoms with Gasteiger partial charge in [-0.25, -0.2) is 0 Å². The van der Waals surface area contributed by atoms with E-state index < -0.39 is 5.78 Å². The minimum Gasteiger partial charge on any atom is -0.506 e. The first-order valence-corrected chi connectivity index (χ1v) is 39.1. The minimum absolute atomic E-state index is 0.0128. The molecule has 0 saturated heterocycles. The lowest BCUT2D eigenvalue weighted by Gasteiger charge is -2.09. The van der Waals surface area contributed by atoms with Crippen LogP contribution in [0.2, 0.25) is 0 Å². The maximum Gasteiger partial charge on any atom is 0.217 e. The molecule has 9 aromatic carbocycles. The van der Waals surface area contributed by atoms with Gasteiger partial charge in [0.2, 0.25) is 17.7 Å². The maximum atomic E-state index is 13.7. The number of anilines is 2. The topological polar surface area (TPSA) is 421 Å². The number of unbranched alkanes of at least 4 members (excludes halogenated alkanes) is 6. The zero-order valence-electron chi connectivity index (χ0n) is 59.8. The van der Waals surface area contributed by atoms with Gasteiger partial charge in [-0.15, -0.1) is 0 Å². The number of halogens is 4. The number of ether oxygens (including phenoxy) is 3. The summed E-state index contributed by atoms with van der Waals surface area (Å²) in [6.07, 6.45) is 8.40. The van der Waals surface area contributed by atoms with Crippen LogP contribution in [0.25, 0.3) is 32.9 Å². The Bertz CT molecular complexity index is 4810. The third-order valence-corrected chi connectivity index (χ3v) is 20.7. The summed E-state index contributed by atoms with van der Waals surface area (Å²) in [5, 5.41) is 63.7. The van der Waals surface area contributed by atoms with E-state index in [1.54, 1.807) is 30.3 Å². The molecule has 3 aromatic heterocycles. The SMILES string of the molecule is NC(=O)CCCCCc1oc2cc(OCc3ccccc3)c(O)cc2c1C(=O)c1cc(Br)c(O)c(Br)c1.NC(=O)CCCCCc1oc2cc(OCc3ccccc3)c(O)cc2c1C(=O)c1cc(I)c(O)c(I)c1.NC(=O)CCCCCc1oc2cc(OCc3ccccc3)c(O)cc2c1C(=O)c1cc(N)c(O)c(N)c1. The van der Waals surface area contributed by atoms with Crippen molar-refractivity contribution in [2.75, 3.05) is 11.5 Å². The number of aryl methyl sites for hydroxylation is 3. The second-order valence-electron chi connectivity index (χ2n) is 26.1. The molecule has 0 radical (unpaired) electrons. The summed E-state index contributed by atoms with van der Waals surface area (Å²) in [5.74, 6) is -0.462. The van der Waals surface area contributed by atoms with E-state index in [0.29, 0.717) is 166 Å². The Morgan fingerprint density at radius 1 is 0.360 bits per heavy atom. The summed E-state index contributed by atoms with van der Waals surface area (Å²) in [5.41, 5.74) is 33.2. The molecule has 0 saturated carbocycles. The van der Waals surface area contributed by atoms with Crippen molar-refractivity contribution in [1.29, 1.82) is 0 Å². The van der Waals surface area contributed by atoms with Crippen LogP contribution in [0.15, 0.2) is 186 Å². The van der Waals surface area contributed by atoms with Crippen molar-refractivity contribution < 1.29 is 86.9 Å². The van der Waals surface area contributed by atoms with E-state index in [9.17, 15) is 59.4 Å². The van der Waals surface area contributed by atoms with Gasteiger partial charge in [-0.05, 0) is 187 Å². The number of primary amides is 3. The second kappa shape index (κ2) is 38.7. The predicted octanol–water partition coefficient (Wildman–Crippen LogP) is 17.6. The summed E-state index contributed by atoms with van der Waals surface area (Å²) < 4.78 is 37.7. The van der Waals surface area contributed by atoms with Gasteiger partial charge in [0.05, 0.1) is 44.2 Å². The number of nitrogens with two attached hydrogens (primary N) is 5. The first-order chi connectivity index (χ1) is 53.2. The predicted molar refractivity (Wildman–Crippen MR) is 444 cm³/mol. The van der Waals surface area contributed by atoms with Crippen LogP contribution in [0.3, 0.4) is 0 Å². The van der Waals surface area contributed by atoms with Gasteiger partial charge >= 0.3 is 0 Å². The number of hydrogen-bond donors (Lipinski definition) is 11. The minimum atomic E-state index is -0.415. The van der Waals surface area contributed by atoms with Crippen molar-refractivity contribution in [3.63, 3.8) is 0 Å². The fourth-order valence-electron chi connectivity index (χ4n) is 12.2. The standard InChI is InChI=1S/C28H25Br2NO6.C28H25I2NO6.C28H29N3O6/c3*29-19-11-17(12-20(30)28(19)35)27(34)26-18-13-21(32)24(36-15-16-7-3-1-4-8-16)14-23(18)37-22(26)9-5-2-6-10-25(31)33/h2*1,3-4,7-8,11-14,32,35H,2,5-6,9-10,15H2,(H2,31,33);1,3-4,7-8,11-14,32,35H,2,5-6,9-10,15,29-30H2,(H2,31,33). The van der Waals surface area contributed by atoms with Crippen molar-refractivity contribution in [2.24, 2.45) is 17.2 Å². The van der Waals surface area contributed by atoms with Crippen LogP contribution in [-0.4, -0.2) is 65.7 Å². The molecule has 3 heterocycles. The van der Waals surface area contributed by atoms with E-state index in [0.717, 1.165) is 29.5 Å². The van der Waals surface area contributed by atoms with Gasteiger partial charge in [-0.3, -0.25) is 28.8 Å². The summed E-state index contributed by atoms with van der Waals surface area (Å²) in [6, 6.07) is 46.9. The lowest BCUT2D eigenvalue weighted by atomic mass is 9.97. The van der Waals surface area contributed by atoms with Crippen LogP contribution in [0.4, 0.5) is 11.4 Å². The molecule has 0 bridgehead atoms. The fourth-order valence-corrected chi connectivity index (χ4v) is 15.2. The number of amides is 3. The van der Waals surface area contributed by atoms with Crippen LogP contribution in [-0.2, 0) is 53.5 Å². The monoisotopic (exact) mass is 1860 g/mol. The Balaban J connectivity index is 0.000000177. The van der Waals surface area contributed by atoms with Gasteiger partial charge in [0.1, 0.15) is 65.3 Å². The van der Waals surface area contributed by atoms with Gasteiger partial charge in [0, 0.05) is 89.6 Å². The molecule has 23 nitrogen and oxygen atoms in total. The number of ketones is 3. The van der Waals surface area contributed by atoms with Crippen LogP contribution in [0.1, 0.15) is 159 Å². The molecule has 0 fully saturated rings. The fraction of sp³-hybridized carbons (Fsp3) is 0.214. The number of rotatable bonds is 33. The quantitative estimate of drug-likeness (QED) is 0.00598. The van der Waals surface area contributed by atoms with Crippen molar-refractivity contribution >= 4 is 156 Å². The summed E-state index contributed by atoms with van der Waals surface area (Å²) in [6.45, 7) is 0.767. The van der Waals surface area contributed by atoms with Gasteiger partial charge < -0.3 is 86.8 Å². The summed E-state index contributed by atoms with van der Waals surface area (Å²) >= 11 is 10.5. The van der Waals surface area contributed by atoms with Crippen LogP contribution < -0.4 is 42.9 Å². The first-order valence-electron chi connectivity index (χ1n) is 35.3. The molecular formula is C84H79Br2I2N5O18. The molecule has 0 aliphatic carbocycles. The molecule has 111 heavy (non-hydrogen) atoms. The average molecular weight is 1860 g/mol. The highest BCUT2D eigenvalue weighted by Crippen LogP contribution is 2.44. The Hall–Kier alpha value is -10.8. The van der Waals surface area contributed by atoms with E-state index in [2.05, 4.69) is 31.9 Å². The highest BCUT2D eigenvalue weighted by atomic mass is 127. The van der Waals surface area contributed by atoms with Crippen molar-refractivity contribution in [2.45, 2.75) is 116 Å². The molecule has 12 aromatic rings. The molecule has 0 aliphatic rings. The second-order valence-corrected chi connectivity index (χ2v) is 30.2. The highest BCUT2D eigenvalue weighted by Gasteiger charge is 2.29. The van der Waals surface area contributed by atoms with E-state index in [1.807, 2.05) is 136 Å². The number of phenols is 6. The first kappa shape index (κ1) is 82.7. The zero-order valence-corrected chi connectivity index (χ0v) is 67.3. The van der Waals surface area contributed by atoms with Crippen molar-refractivity contribution in [1.82, 2.24) is 0 Å². The van der Waals surface area contributed by atoms with Crippen LogP contribution in [0.5, 0.6) is 51.7 Å². The number of benzene rings is 9. The smallest absolute Gasteiger partial charge is 0.217 e. The molecule has 27 heteroatoms. The number of carbonyl (C=O) groups excluding carboxylic acids is 6. The van der Waals surface area contributed by atoms with E-state index >= 15 is 0 Å². The number of hydrogen-bond acceptors (Lipinski definition) is 20. The Kier molecular flexibility index (Phi) is 28.9. The largest absolute Gasteiger partial charge is 0.506 e. The lowest BCUT2D eigenvalue weighted by molar-refractivity contribution is -0.119. The number of nitrogen functional groups attached to an aromatic ring is 2. The van der Waals surface area contributed by atoms with Gasteiger partial charge in [-0.1, -0.05) is 110 Å². The third kappa shape index (κ3) is 21.6. The Morgan fingerprint density at radius 2 is 0.649 bits per heavy atom. The molecule has 0 unspecified atom stereocenters. The summed E-state index contributed by atoms with van der Waals surface area (Å²) in [7, 11) is 0. The van der Waals surface area contributed by atoms with Crippen LogP contribution >= 0.6 is 77.0 Å².